The molecule has 2 fully saturated rings. The SMILES string of the molecule is Cc1cc(C)c(C2CNCC(CC3CCCC3)O2)cc1C. The van der Waals surface area contributed by atoms with Gasteiger partial charge in [0.1, 0.15) is 0 Å². The molecule has 116 valence electrons. The summed E-state index contributed by atoms with van der Waals surface area (Å²) in [5.41, 5.74) is 5.49. The fourth-order valence-corrected chi connectivity index (χ4v) is 3.97. The van der Waals surface area contributed by atoms with Crippen molar-refractivity contribution in [2.24, 2.45) is 5.92 Å². The quantitative estimate of drug-likeness (QED) is 0.898. The summed E-state index contributed by atoms with van der Waals surface area (Å²) in [5.74, 6) is 0.899. The summed E-state index contributed by atoms with van der Waals surface area (Å²) in [5, 5.41) is 3.59. The lowest BCUT2D eigenvalue weighted by Gasteiger charge is -2.33. The molecule has 1 saturated heterocycles. The molecule has 2 aliphatic rings. The van der Waals surface area contributed by atoms with Crippen molar-refractivity contribution in [2.45, 2.75) is 65.1 Å². The molecular formula is C19H29NO. The van der Waals surface area contributed by atoms with E-state index in [1.54, 1.807) is 0 Å². The van der Waals surface area contributed by atoms with Crippen LogP contribution < -0.4 is 5.32 Å². The topological polar surface area (TPSA) is 21.3 Å². The van der Waals surface area contributed by atoms with Gasteiger partial charge >= 0.3 is 0 Å². The van der Waals surface area contributed by atoms with Crippen LogP contribution in [-0.4, -0.2) is 19.2 Å². The molecule has 3 rings (SSSR count). The minimum absolute atomic E-state index is 0.226. The Bertz CT molecular complexity index is 491. The van der Waals surface area contributed by atoms with E-state index < -0.39 is 0 Å². The van der Waals surface area contributed by atoms with Crippen molar-refractivity contribution < 1.29 is 4.74 Å². The highest BCUT2D eigenvalue weighted by Crippen LogP contribution is 2.33. The van der Waals surface area contributed by atoms with Crippen LogP contribution in [0.25, 0.3) is 0 Å². The van der Waals surface area contributed by atoms with Gasteiger partial charge in [0.15, 0.2) is 0 Å². The van der Waals surface area contributed by atoms with Crippen molar-refractivity contribution in [3.63, 3.8) is 0 Å². The third-order valence-electron chi connectivity index (χ3n) is 5.36. The zero-order chi connectivity index (χ0) is 14.8. The molecule has 21 heavy (non-hydrogen) atoms. The van der Waals surface area contributed by atoms with Gasteiger partial charge in [0.05, 0.1) is 12.2 Å². The molecule has 1 aromatic carbocycles. The molecule has 1 heterocycles. The van der Waals surface area contributed by atoms with Crippen LogP contribution in [-0.2, 0) is 4.74 Å². The highest BCUT2D eigenvalue weighted by atomic mass is 16.5. The van der Waals surface area contributed by atoms with Crippen LogP contribution in [0.5, 0.6) is 0 Å². The number of benzene rings is 1. The van der Waals surface area contributed by atoms with Crippen molar-refractivity contribution >= 4 is 0 Å². The Morgan fingerprint density at radius 2 is 1.71 bits per heavy atom. The molecule has 1 aliphatic heterocycles. The Morgan fingerprint density at radius 1 is 1.00 bits per heavy atom. The van der Waals surface area contributed by atoms with E-state index in [0.29, 0.717) is 6.10 Å². The molecule has 1 aromatic rings. The number of ether oxygens (including phenoxy) is 1. The maximum absolute atomic E-state index is 6.45. The number of hydrogen-bond acceptors (Lipinski definition) is 2. The summed E-state index contributed by atoms with van der Waals surface area (Å²) in [6.45, 7) is 8.58. The van der Waals surface area contributed by atoms with E-state index in [4.69, 9.17) is 4.74 Å². The Morgan fingerprint density at radius 3 is 2.48 bits per heavy atom. The van der Waals surface area contributed by atoms with Gasteiger partial charge in [0, 0.05) is 13.1 Å². The van der Waals surface area contributed by atoms with Crippen LogP contribution in [0.1, 0.15) is 60.5 Å². The van der Waals surface area contributed by atoms with Gasteiger partial charge in [-0.25, -0.2) is 0 Å². The summed E-state index contributed by atoms with van der Waals surface area (Å²) >= 11 is 0. The highest BCUT2D eigenvalue weighted by Gasteiger charge is 2.27. The van der Waals surface area contributed by atoms with Gasteiger partial charge in [0.2, 0.25) is 0 Å². The normalized spacial score (nSPS) is 27.2. The average Bonchev–Trinajstić information content (AvgIpc) is 2.96. The molecule has 0 amide bonds. The lowest BCUT2D eigenvalue weighted by molar-refractivity contribution is -0.0491. The lowest BCUT2D eigenvalue weighted by Crippen LogP contribution is -2.41. The molecule has 2 nitrogen and oxygen atoms in total. The van der Waals surface area contributed by atoms with Gasteiger partial charge in [-0.2, -0.15) is 0 Å². The number of aryl methyl sites for hydroxylation is 3. The summed E-state index contributed by atoms with van der Waals surface area (Å²) in [7, 11) is 0. The van der Waals surface area contributed by atoms with Crippen molar-refractivity contribution in [3.8, 4) is 0 Å². The second-order valence-electron chi connectivity index (χ2n) is 7.08. The first kappa shape index (κ1) is 15.1. The maximum atomic E-state index is 6.45. The van der Waals surface area contributed by atoms with Crippen LogP contribution >= 0.6 is 0 Å². The molecule has 1 N–H and O–H groups in total. The predicted octanol–water partition coefficient (Wildman–Crippen LogP) is 4.22. The van der Waals surface area contributed by atoms with E-state index in [-0.39, 0.29) is 6.10 Å². The smallest absolute Gasteiger partial charge is 0.0956 e. The molecule has 1 saturated carbocycles. The first-order chi connectivity index (χ1) is 10.1. The van der Waals surface area contributed by atoms with Crippen LogP contribution in [0.2, 0.25) is 0 Å². The Kier molecular flexibility index (Phi) is 4.66. The minimum atomic E-state index is 0.226. The predicted molar refractivity (Wildman–Crippen MR) is 87.7 cm³/mol. The molecule has 0 bridgehead atoms. The fourth-order valence-electron chi connectivity index (χ4n) is 3.97. The Hall–Kier alpha value is -0.860. The van der Waals surface area contributed by atoms with Crippen LogP contribution in [0.15, 0.2) is 12.1 Å². The van der Waals surface area contributed by atoms with Gasteiger partial charge in [0.25, 0.3) is 0 Å². The van der Waals surface area contributed by atoms with E-state index in [1.165, 1.54) is 54.4 Å². The number of rotatable bonds is 3. The molecule has 1 aliphatic carbocycles. The average molecular weight is 287 g/mol. The molecule has 0 aromatic heterocycles. The van der Waals surface area contributed by atoms with E-state index in [9.17, 15) is 0 Å². The lowest BCUT2D eigenvalue weighted by atomic mass is 9.95. The first-order valence-corrected chi connectivity index (χ1v) is 8.57. The number of hydrogen-bond donors (Lipinski definition) is 1. The summed E-state index contributed by atoms with van der Waals surface area (Å²) in [6, 6.07) is 4.63. The van der Waals surface area contributed by atoms with Crippen molar-refractivity contribution in [2.75, 3.05) is 13.1 Å². The van der Waals surface area contributed by atoms with E-state index in [0.717, 1.165) is 19.0 Å². The van der Waals surface area contributed by atoms with Gasteiger partial charge in [-0.3, -0.25) is 0 Å². The Labute approximate surface area is 129 Å². The summed E-state index contributed by atoms with van der Waals surface area (Å²) in [4.78, 5) is 0. The standard InChI is InChI=1S/C19H29NO/c1-13-8-15(3)18(9-14(13)2)19-12-20-11-17(21-19)10-16-6-4-5-7-16/h8-9,16-17,19-20H,4-7,10-12H2,1-3H3. The van der Waals surface area contributed by atoms with Crippen molar-refractivity contribution in [1.82, 2.24) is 5.32 Å². The van der Waals surface area contributed by atoms with Crippen LogP contribution in [0, 0.1) is 26.7 Å². The van der Waals surface area contributed by atoms with Gasteiger partial charge in [-0.05, 0) is 55.4 Å². The maximum Gasteiger partial charge on any atom is 0.0956 e. The number of nitrogens with one attached hydrogen (secondary N) is 1. The van der Waals surface area contributed by atoms with E-state index in [2.05, 4.69) is 38.2 Å². The van der Waals surface area contributed by atoms with E-state index >= 15 is 0 Å². The van der Waals surface area contributed by atoms with Gasteiger partial charge < -0.3 is 10.1 Å². The second kappa shape index (κ2) is 6.50. The first-order valence-electron chi connectivity index (χ1n) is 8.57. The van der Waals surface area contributed by atoms with Crippen LogP contribution in [0.3, 0.4) is 0 Å². The van der Waals surface area contributed by atoms with Gasteiger partial charge in [-0.15, -0.1) is 0 Å². The molecule has 2 atom stereocenters. The Balaban J connectivity index is 1.69. The third kappa shape index (κ3) is 3.49. The number of morpholine rings is 1. The fraction of sp³-hybridized carbons (Fsp3) is 0.684. The van der Waals surface area contributed by atoms with E-state index in [1.807, 2.05) is 0 Å². The van der Waals surface area contributed by atoms with Gasteiger partial charge in [-0.1, -0.05) is 37.8 Å². The summed E-state index contributed by atoms with van der Waals surface area (Å²) in [6.07, 6.45) is 7.53. The molecule has 2 unspecified atom stereocenters. The second-order valence-corrected chi connectivity index (χ2v) is 7.08. The highest BCUT2D eigenvalue weighted by molar-refractivity contribution is 5.38. The molecule has 0 radical (unpaired) electrons. The molecule has 2 heteroatoms. The van der Waals surface area contributed by atoms with Crippen molar-refractivity contribution in [1.29, 1.82) is 0 Å². The summed E-state index contributed by atoms with van der Waals surface area (Å²) < 4.78 is 6.45. The zero-order valence-electron chi connectivity index (χ0n) is 13.7. The van der Waals surface area contributed by atoms with Crippen molar-refractivity contribution in [3.05, 3.63) is 34.4 Å². The zero-order valence-corrected chi connectivity index (χ0v) is 13.7. The van der Waals surface area contributed by atoms with Crippen LogP contribution in [0.4, 0.5) is 0 Å². The largest absolute Gasteiger partial charge is 0.368 e. The molecular weight excluding hydrogens is 258 g/mol. The monoisotopic (exact) mass is 287 g/mol. The minimum Gasteiger partial charge on any atom is -0.368 e. The third-order valence-corrected chi connectivity index (χ3v) is 5.36. The molecule has 0 spiro atoms.